The highest BCUT2D eigenvalue weighted by Crippen LogP contribution is 2.20. The van der Waals surface area contributed by atoms with E-state index in [4.69, 9.17) is 0 Å². The molecule has 7 heteroatoms. The van der Waals surface area contributed by atoms with E-state index in [9.17, 15) is 13.6 Å². The van der Waals surface area contributed by atoms with Gasteiger partial charge in [-0.3, -0.25) is 0 Å². The van der Waals surface area contributed by atoms with E-state index in [1.54, 1.807) is 4.90 Å². The average molecular weight is 396 g/mol. The second-order valence-electron chi connectivity index (χ2n) is 5.50. The first-order valence-corrected chi connectivity index (χ1v) is 8.34. The van der Waals surface area contributed by atoms with Crippen molar-refractivity contribution in [1.82, 2.24) is 4.90 Å². The van der Waals surface area contributed by atoms with Gasteiger partial charge in [0.05, 0.1) is 5.69 Å². The van der Waals surface area contributed by atoms with Crippen LogP contribution in [-0.4, -0.2) is 37.1 Å². The SMILES string of the molecule is O=C(Nc1ccc(F)cc1F)N1CCN(c2ccc(Br)cc2)CC1. The standard InChI is InChI=1S/C17H16BrF2N3O/c18-12-1-4-14(5-2-12)22-7-9-23(10-8-22)17(24)21-16-6-3-13(19)11-15(16)20/h1-6,11H,7-10H2,(H,21,24). The molecule has 0 spiro atoms. The van der Waals surface area contributed by atoms with Gasteiger partial charge in [0.2, 0.25) is 0 Å². The van der Waals surface area contributed by atoms with Crippen LogP contribution in [0.2, 0.25) is 0 Å². The summed E-state index contributed by atoms with van der Waals surface area (Å²) >= 11 is 3.41. The zero-order valence-electron chi connectivity index (χ0n) is 12.8. The number of urea groups is 1. The Balaban J connectivity index is 1.58. The molecule has 1 N–H and O–H groups in total. The molecule has 2 aromatic rings. The summed E-state index contributed by atoms with van der Waals surface area (Å²) in [6.07, 6.45) is 0. The molecule has 0 aromatic heterocycles. The second-order valence-corrected chi connectivity index (χ2v) is 6.42. The zero-order valence-corrected chi connectivity index (χ0v) is 14.4. The number of carbonyl (C=O) groups excluding carboxylic acids is 1. The summed E-state index contributed by atoms with van der Waals surface area (Å²) in [5, 5.41) is 2.49. The third-order valence-corrected chi connectivity index (χ3v) is 4.46. The van der Waals surface area contributed by atoms with E-state index < -0.39 is 11.6 Å². The summed E-state index contributed by atoms with van der Waals surface area (Å²) in [6.45, 7) is 2.46. The van der Waals surface area contributed by atoms with E-state index >= 15 is 0 Å². The molecule has 0 bridgehead atoms. The summed E-state index contributed by atoms with van der Waals surface area (Å²) in [5.41, 5.74) is 1.08. The lowest BCUT2D eigenvalue weighted by Gasteiger charge is -2.36. The average Bonchev–Trinajstić information content (AvgIpc) is 2.58. The summed E-state index contributed by atoms with van der Waals surface area (Å²) in [5.74, 6) is -1.45. The minimum Gasteiger partial charge on any atom is -0.368 e. The molecule has 1 heterocycles. The van der Waals surface area contributed by atoms with Crippen LogP contribution in [0.15, 0.2) is 46.9 Å². The van der Waals surface area contributed by atoms with Crippen LogP contribution in [0.1, 0.15) is 0 Å². The molecule has 2 amide bonds. The van der Waals surface area contributed by atoms with Crippen molar-refractivity contribution in [2.24, 2.45) is 0 Å². The maximum atomic E-state index is 13.6. The van der Waals surface area contributed by atoms with Gasteiger partial charge in [-0.1, -0.05) is 15.9 Å². The van der Waals surface area contributed by atoms with Gasteiger partial charge in [-0.05, 0) is 36.4 Å². The number of hydrogen-bond acceptors (Lipinski definition) is 2. The van der Waals surface area contributed by atoms with Gasteiger partial charge in [-0.15, -0.1) is 0 Å². The van der Waals surface area contributed by atoms with Crippen LogP contribution < -0.4 is 10.2 Å². The van der Waals surface area contributed by atoms with Gasteiger partial charge in [0.1, 0.15) is 11.6 Å². The predicted molar refractivity (Wildman–Crippen MR) is 93.3 cm³/mol. The summed E-state index contributed by atoms with van der Waals surface area (Å²) < 4.78 is 27.5. The van der Waals surface area contributed by atoms with Gasteiger partial charge in [-0.2, -0.15) is 0 Å². The first-order valence-electron chi connectivity index (χ1n) is 7.54. The molecular formula is C17H16BrF2N3O. The number of piperazine rings is 1. The minimum atomic E-state index is -0.781. The number of rotatable bonds is 2. The van der Waals surface area contributed by atoms with Gasteiger partial charge in [-0.25, -0.2) is 13.6 Å². The van der Waals surface area contributed by atoms with E-state index in [1.165, 1.54) is 6.07 Å². The van der Waals surface area contributed by atoms with Crippen LogP contribution in [0.3, 0.4) is 0 Å². The molecular weight excluding hydrogens is 380 g/mol. The highest BCUT2D eigenvalue weighted by atomic mass is 79.9. The van der Waals surface area contributed by atoms with E-state index in [2.05, 4.69) is 26.1 Å². The van der Waals surface area contributed by atoms with Crippen molar-refractivity contribution >= 4 is 33.3 Å². The Morgan fingerprint density at radius 2 is 1.67 bits per heavy atom. The largest absolute Gasteiger partial charge is 0.368 e. The molecule has 0 saturated carbocycles. The van der Waals surface area contributed by atoms with Gasteiger partial charge >= 0.3 is 6.03 Å². The molecule has 1 aliphatic heterocycles. The quantitative estimate of drug-likeness (QED) is 0.831. The van der Waals surface area contributed by atoms with E-state index in [1.807, 2.05) is 24.3 Å². The second kappa shape index (κ2) is 7.17. The predicted octanol–water partition coefficient (Wildman–Crippen LogP) is 4.08. The lowest BCUT2D eigenvalue weighted by atomic mass is 10.2. The maximum absolute atomic E-state index is 13.6. The number of carbonyl (C=O) groups is 1. The van der Waals surface area contributed by atoms with Crippen LogP contribution in [0, 0.1) is 11.6 Å². The Labute approximate surface area is 147 Å². The van der Waals surface area contributed by atoms with Crippen LogP contribution in [0.25, 0.3) is 0 Å². The molecule has 1 fully saturated rings. The molecule has 1 aliphatic rings. The van der Waals surface area contributed by atoms with Crippen LogP contribution >= 0.6 is 15.9 Å². The first kappa shape index (κ1) is 16.7. The van der Waals surface area contributed by atoms with Crippen molar-refractivity contribution in [3.05, 3.63) is 58.6 Å². The topological polar surface area (TPSA) is 35.6 Å². The number of hydrogen-bond donors (Lipinski definition) is 1. The Morgan fingerprint density at radius 3 is 2.29 bits per heavy atom. The van der Waals surface area contributed by atoms with E-state index in [0.29, 0.717) is 26.2 Å². The zero-order chi connectivity index (χ0) is 17.1. The monoisotopic (exact) mass is 395 g/mol. The Bertz CT molecular complexity index is 731. The highest BCUT2D eigenvalue weighted by Gasteiger charge is 2.22. The Hall–Kier alpha value is -2.15. The molecule has 3 rings (SSSR count). The highest BCUT2D eigenvalue weighted by molar-refractivity contribution is 9.10. The van der Waals surface area contributed by atoms with E-state index in [-0.39, 0.29) is 11.7 Å². The lowest BCUT2D eigenvalue weighted by Crippen LogP contribution is -2.50. The number of amides is 2. The van der Waals surface area contributed by atoms with Crippen molar-refractivity contribution in [2.45, 2.75) is 0 Å². The fraction of sp³-hybridized carbons (Fsp3) is 0.235. The molecule has 4 nitrogen and oxygen atoms in total. The van der Waals surface area contributed by atoms with Crippen LogP contribution in [0.5, 0.6) is 0 Å². The van der Waals surface area contributed by atoms with Gasteiger partial charge in [0, 0.05) is 42.4 Å². The molecule has 2 aromatic carbocycles. The smallest absolute Gasteiger partial charge is 0.322 e. The molecule has 0 unspecified atom stereocenters. The van der Waals surface area contributed by atoms with Gasteiger partial charge < -0.3 is 15.1 Å². The van der Waals surface area contributed by atoms with Crippen molar-refractivity contribution in [3.8, 4) is 0 Å². The van der Waals surface area contributed by atoms with E-state index in [0.717, 1.165) is 22.3 Å². The molecule has 0 atom stereocenters. The minimum absolute atomic E-state index is 0.0169. The maximum Gasteiger partial charge on any atom is 0.322 e. The molecule has 0 aliphatic carbocycles. The Kier molecular flexibility index (Phi) is 4.99. The third kappa shape index (κ3) is 3.84. The van der Waals surface area contributed by atoms with Crippen molar-refractivity contribution in [2.75, 3.05) is 36.4 Å². The summed E-state index contributed by atoms with van der Waals surface area (Å²) in [4.78, 5) is 16.0. The van der Waals surface area contributed by atoms with Crippen LogP contribution in [-0.2, 0) is 0 Å². The lowest BCUT2D eigenvalue weighted by molar-refractivity contribution is 0.208. The molecule has 24 heavy (non-hydrogen) atoms. The first-order chi connectivity index (χ1) is 11.5. The summed E-state index contributed by atoms with van der Waals surface area (Å²) in [7, 11) is 0. The number of nitrogens with one attached hydrogen (secondary N) is 1. The van der Waals surface area contributed by atoms with Crippen molar-refractivity contribution in [1.29, 1.82) is 0 Å². The normalized spacial score (nSPS) is 14.6. The third-order valence-electron chi connectivity index (χ3n) is 3.93. The van der Waals surface area contributed by atoms with Gasteiger partial charge in [0.15, 0.2) is 0 Å². The fourth-order valence-electron chi connectivity index (χ4n) is 2.60. The molecule has 0 radical (unpaired) electrons. The number of nitrogens with zero attached hydrogens (tertiary/aromatic N) is 2. The number of anilines is 2. The fourth-order valence-corrected chi connectivity index (χ4v) is 2.87. The van der Waals surface area contributed by atoms with Crippen molar-refractivity contribution < 1.29 is 13.6 Å². The summed E-state index contributed by atoms with van der Waals surface area (Å²) in [6, 6.07) is 10.7. The van der Waals surface area contributed by atoms with Gasteiger partial charge in [0.25, 0.3) is 0 Å². The van der Waals surface area contributed by atoms with Crippen molar-refractivity contribution in [3.63, 3.8) is 0 Å². The number of halogens is 3. The van der Waals surface area contributed by atoms with Crippen LogP contribution in [0.4, 0.5) is 25.0 Å². The number of benzene rings is 2. The molecule has 126 valence electrons. The molecule has 1 saturated heterocycles. The Morgan fingerprint density at radius 1 is 1.00 bits per heavy atom.